The molecule has 1 amide bonds. The predicted octanol–water partition coefficient (Wildman–Crippen LogP) is 1.48. The third-order valence-corrected chi connectivity index (χ3v) is 3.49. The van der Waals surface area contributed by atoms with Gasteiger partial charge in [0.15, 0.2) is 0 Å². The van der Waals surface area contributed by atoms with Crippen molar-refractivity contribution in [2.45, 2.75) is 19.8 Å². The molecule has 0 spiro atoms. The van der Waals surface area contributed by atoms with E-state index in [1.54, 1.807) is 0 Å². The van der Waals surface area contributed by atoms with Crippen LogP contribution in [-0.4, -0.2) is 43.5 Å². The van der Waals surface area contributed by atoms with E-state index in [9.17, 15) is 4.79 Å². The first-order valence-electron chi connectivity index (χ1n) is 7.10. The Bertz CT molecular complexity index is 396. The van der Waals surface area contributed by atoms with Crippen molar-refractivity contribution in [2.75, 3.05) is 38.0 Å². The minimum atomic E-state index is 0.0635. The van der Waals surface area contributed by atoms with Crippen molar-refractivity contribution in [3.8, 4) is 0 Å². The zero-order valence-electron chi connectivity index (χ0n) is 11.6. The lowest BCUT2D eigenvalue weighted by molar-refractivity contribution is -0.115. The Morgan fingerprint density at radius 1 is 1.26 bits per heavy atom. The zero-order chi connectivity index (χ0) is 13.5. The number of carbonyl (C=O) groups is 1. The molecule has 104 valence electrons. The number of nitrogens with zero attached hydrogens (tertiary/aromatic N) is 1. The molecule has 4 nitrogen and oxygen atoms in total. The highest BCUT2D eigenvalue weighted by atomic mass is 16.1. The lowest BCUT2D eigenvalue weighted by Crippen LogP contribution is -2.44. The van der Waals surface area contributed by atoms with E-state index in [2.05, 4.69) is 27.7 Å². The summed E-state index contributed by atoms with van der Waals surface area (Å²) in [5.74, 6) is 0.0635. The van der Waals surface area contributed by atoms with Crippen molar-refractivity contribution in [1.82, 2.24) is 10.2 Å². The van der Waals surface area contributed by atoms with Gasteiger partial charge in [-0.15, -0.1) is 0 Å². The van der Waals surface area contributed by atoms with Gasteiger partial charge >= 0.3 is 0 Å². The van der Waals surface area contributed by atoms with Gasteiger partial charge in [-0.3, -0.25) is 4.79 Å². The molecule has 4 heteroatoms. The number of hydrogen-bond acceptors (Lipinski definition) is 3. The minimum Gasteiger partial charge on any atom is -0.326 e. The second-order valence-corrected chi connectivity index (χ2v) is 4.94. The van der Waals surface area contributed by atoms with Gasteiger partial charge in [-0.05, 0) is 24.1 Å². The lowest BCUT2D eigenvalue weighted by Gasteiger charge is -2.27. The Morgan fingerprint density at radius 3 is 2.58 bits per heavy atom. The number of piperazine rings is 1. The van der Waals surface area contributed by atoms with Gasteiger partial charge in [0.05, 0.1) is 0 Å². The number of anilines is 1. The van der Waals surface area contributed by atoms with E-state index in [4.69, 9.17) is 0 Å². The predicted molar refractivity (Wildman–Crippen MR) is 78.4 cm³/mol. The number of rotatable bonds is 5. The standard InChI is InChI=1S/C15H23N3O/c1-2-15(19)17-14-5-3-13(4-6-14)7-10-18-11-8-16-9-12-18/h3-6,16H,2,7-12H2,1H3,(H,17,19). The minimum absolute atomic E-state index is 0.0635. The van der Waals surface area contributed by atoms with Crippen LogP contribution in [0.5, 0.6) is 0 Å². The first kappa shape index (κ1) is 14.0. The maximum atomic E-state index is 11.3. The van der Waals surface area contributed by atoms with Gasteiger partial charge in [0, 0.05) is 44.8 Å². The van der Waals surface area contributed by atoms with E-state index in [0.717, 1.165) is 44.8 Å². The smallest absolute Gasteiger partial charge is 0.224 e. The third-order valence-electron chi connectivity index (χ3n) is 3.49. The van der Waals surface area contributed by atoms with Crippen LogP contribution in [0.2, 0.25) is 0 Å². The molecular formula is C15H23N3O. The number of nitrogens with one attached hydrogen (secondary N) is 2. The van der Waals surface area contributed by atoms with Crippen LogP contribution in [0.15, 0.2) is 24.3 Å². The number of benzene rings is 1. The van der Waals surface area contributed by atoms with Gasteiger partial charge < -0.3 is 15.5 Å². The molecule has 0 atom stereocenters. The summed E-state index contributed by atoms with van der Waals surface area (Å²) >= 11 is 0. The molecule has 2 rings (SSSR count). The molecule has 1 aromatic carbocycles. The highest BCUT2D eigenvalue weighted by Crippen LogP contribution is 2.11. The maximum absolute atomic E-state index is 11.3. The lowest BCUT2D eigenvalue weighted by atomic mass is 10.1. The molecule has 1 heterocycles. The second kappa shape index (κ2) is 7.26. The summed E-state index contributed by atoms with van der Waals surface area (Å²) < 4.78 is 0. The summed E-state index contributed by atoms with van der Waals surface area (Å²) in [6.07, 6.45) is 1.59. The van der Waals surface area contributed by atoms with E-state index >= 15 is 0 Å². The van der Waals surface area contributed by atoms with Crippen LogP contribution >= 0.6 is 0 Å². The Balaban J connectivity index is 1.79. The number of amides is 1. The number of hydrogen-bond donors (Lipinski definition) is 2. The SMILES string of the molecule is CCC(=O)Nc1ccc(CCN2CCNCC2)cc1. The highest BCUT2D eigenvalue weighted by molar-refractivity contribution is 5.90. The Labute approximate surface area is 115 Å². The van der Waals surface area contributed by atoms with E-state index < -0.39 is 0 Å². The van der Waals surface area contributed by atoms with Crippen LogP contribution < -0.4 is 10.6 Å². The Kier molecular flexibility index (Phi) is 5.36. The van der Waals surface area contributed by atoms with E-state index in [1.165, 1.54) is 5.56 Å². The molecule has 1 fully saturated rings. The normalized spacial score (nSPS) is 16.3. The van der Waals surface area contributed by atoms with Gasteiger partial charge in [-0.25, -0.2) is 0 Å². The molecular weight excluding hydrogens is 238 g/mol. The molecule has 19 heavy (non-hydrogen) atoms. The molecule has 2 N–H and O–H groups in total. The molecule has 1 aromatic rings. The summed E-state index contributed by atoms with van der Waals surface area (Å²) in [5.41, 5.74) is 2.21. The van der Waals surface area contributed by atoms with Gasteiger partial charge in [0.1, 0.15) is 0 Å². The molecule has 0 radical (unpaired) electrons. The van der Waals surface area contributed by atoms with Gasteiger partial charge in [0.25, 0.3) is 0 Å². The molecule has 1 aliphatic heterocycles. The fraction of sp³-hybridized carbons (Fsp3) is 0.533. The maximum Gasteiger partial charge on any atom is 0.224 e. The van der Waals surface area contributed by atoms with Gasteiger partial charge in [-0.2, -0.15) is 0 Å². The fourth-order valence-corrected chi connectivity index (χ4v) is 2.23. The monoisotopic (exact) mass is 261 g/mol. The van der Waals surface area contributed by atoms with Crippen LogP contribution in [0.25, 0.3) is 0 Å². The topological polar surface area (TPSA) is 44.4 Å². The van der Waals surface area contributed by atoms with E-state index in [-0.39, 0.29) is 5.91 Å². The van der Waals surface area contributed by atoms with Crippen molar-refractivity contribution in [2.24, 2.45) is 0 Å². The van der Waals surface area contributed by atoms with Crippen molar-refractivity contribution in [3.63, 3.8) is 0 Å². The van der Waals surface area contributed by atoms with Crippen molar-refractivity contribution in [3.05, 3.63) is 29.8 Å². The average Bonchev–Trinajstić information content (AvgIpc) is 2.47. The fourth-order valence-electron chi connectivity index (χ4n) is 2.23. The van der Waals surface area contributed by atoms with Crippen LogP contribution in [-0.2, 0) is 11.2 Å². The molecule has 0 unspecified atom stereocenters. The summed E-state index contributed by atoms with van der Waals surface area (Å²) in [7, 11) is 0. The molecule has 0 aromatic heterocycles. The van der Waals surface area contributed by atoms with Gasteiger partial charge in [0.2, 0.25) is 5.91 Å². The largest absolute Gasteiger partial charge is 0.326 e. The van der Waals surface area contributed by atoms with Gasteiger partial charge in [-0.1, -0.05) is 19.1 Å². The Hall–Kier alpha value is -1.39. The van der Waals surface area contributed by atoms with Crippen molar-refractivity contribution < 1.29 is 4.79 Å². The van der Waals surface area contributed by atoms with Crippen LogP contribution in [0.4, 0.5) is 5.69 Å². The van der Waals surface area contributed by atoms with E-state index in [0.29, 0.717) is 6.42 Å². The zero-order valence-corrected chi connectivity index (χ0v) is 11.6. The summed E-state index contributed by atoms with van der Waals surface area (Å²) in [6.45, 7) is 7.46. The highest BCUT2D eigenvalue weighted by Gasteiger charge is 2.08. The average molecular weight is 261 g/mol. The van der Waals surface area contributed by atoms with Crippen molar-refractivity contribution >= 4 is 11.6 Å². The molecule has 0 bridgehead atoms. The molecule has 1 saturated heterocycles. The second-order valence-electron chi connectivity index (χ2n) is 4.94. The molecule has 0 saturated carbocycles. The van der Waals surface area contributed by atoms with E-state index in [1.807, 2.05) is 19.1 Å². The number of carbonyl (C=O) groups excluding carboxylic acids is 1. The summed E-state index contributed by atoms with van der Waals surface area (Å²) in [4.78, 5) is 13.8. The molecule has 1 aliphatic rings. The summed E-state index contributed by atoms with van der Waals surface area (Å²) in [6, 6.07) is 8.18. The summed E-state index contributed by atoms with van der Waals surface area (Å²) in [5, 5.41) is 6.23. The van der Waals surface area contributed by atoms with Crippen LogP contribution in [0.3, 0.4) is 0 Å². The van der Waals surface area contributed by atoms with Crippen LogP contribution in [0.1, 0.15) is 18.9 Å². The molecule has 0 aliphatic carbocycles. The quantitative estimate of drug-likeness (QED) is 0.844. The third kappa shape index (κ3) is 4.65. The first-order chi connectivity index (χ1) is 9.28. The van der Waals surface area contributed by atoms with Crippen molar-refractivity contribution in [1.29, 1.82) is 0 Å². The first-order valence-corrected chi connectivity index (χ1v) is 7.10. The Morgan fingerprint density at radius 2 is 1.95 bits per heavy atom. The van der Waals surface area contributed by atoms with Crippen LogP contribution in [0, 0.1) is 0 Å².